The molecule has 38 heavy (non-hydrogen) atoms. The van der Waals surface area contributed by atoms with Crippen LogP contribution in [0.15, 0.2) is 41.0 Å². The lowest BCUT2D eigenvalue weighted by molar-refractivity contribution is -0.384. The van der Waals surface area contributed by atoms with Crippen molar-refractivity contribution in [2.75, 3.05) is 0 Å². The van der Waals surface area contributed by atoms with Crippen LogP contribution < -0.4 is 5.43 Å². The first-order valence-electron chi connectivity index (χ1n) is 14.0. The van der Waals surface area contributed by atoms with Gasteiger partial charge in [-0.2, -0.15) is 5.10 Å². The predicted octanol–water partition coefficient (Wildman–Crippen LogP) is 6.21. The maximum atomic E-state index is 12.7. The summed E-state index contributed by atoms with van der Waals surface area (Å²) in [5.41, 5.74) is 5.10. The summed E-state index contributed by atoms with van der Waals surface area (Å²) in [7, 11) is 0. The van der Waals surface area contributed by atoms with Crippen molar-refractivity contribution in [2.24, 2.45) is 39.6 Å². The highest BCUT2D eigenvalue weighted by molar-refractivity contribution is 6.02. The number of hydrogen-bond donors (Lipinski definition) is 1. The number of rotatable bonds is 5. The van der Waals surface area contributed by atoms with E-state index in [1.165, 1.54) is 50.0 Å². The van der Waals surface area contributed by atoms with E-state index in [4.69, 9.17) is 4.74 Å². The van der Waals surface area contributed by atoms with Gasteiger partial charge in [0.15, 0.2) is 0 Å². The van der Waals surface area contributed by atoms with E-state index in [1.54, 1.807) is 6.07 Å². The molecule has 0 aliphatic heterocycles. The largest absolute Gasteiger partial charge is 0.463 e. The van der Waals surface area contributed by atoms with Gasteiger partial charge in [0.2, 0.25) is 0 Å². The fourth-order valence-electron chi connectivity index (χ4n) is 8.71. The standard InChI is InChI=1S/C30H39N3O5/c1-18(31-32-28(35)20-6-5-7-22(16-20)33(36)37)25-10-11-26-24-9-8-21-17-23(38-19(2)34)12-14-29(21,3)27(24)13-15-30(25,26)4/h5-7,10,16,21,23-24,26-27H,8-9,11-15,17H2,1-4H3,(H,32,35)/t21-,23-,24-,26-,27-,29-,30+/m0/s1. The van der Waals surface area contributed by atoms with E-state index in [2.05, 4.69) is 30.5 Å². The van der Waals surface area contributed by atoms with Gasteiger partial charge >= 0.3 is 5.97 Å². The summed E-state index contributed by atoms with van der Waals surface area (Å²) in [6, 6.07) is 5.69. The van der Waals surface area contributed by atoms with Gasteiger partial charge in [-0.05, 0) is 104 Å². The second-order valence-corrected chi connectivity index (χ2v) is 12.4. The Bertz CT molecular complexity index is 1210. The van der Waals surface area contributed by atoms with Crippen LogP contribution in [0.1, 0.15) is 89.4 Å². The van der Waals surface area contributed by atoms with Crippen LogP contribution in [0.3, 0.4) is 0 Å². The van der Waals surface area contributed by atoms with Crippen LogP contribution in [-0.2, 0) is 9.53 Å². The molecule has 8 heteroatoms. The molecule has 0 radical (unpaired) electrons. The minimum Gasteiger partial charge on any atom is -0.463 e. The summed E-state index contributed by atoms with van der Waals surface area (Å²) in [6.45, 7) is 8.34. The number of hydrogen-bond acceptors (Lipinski definition) is 6. The summed E-state index contributed by atoms with van der Waals surface area (Å²) in [6.07, 6.45) is 11.3. The number of fused-ring (bicyclic) bond motifs is 5. The first-order chi connectivity index (χ1) is 18.0. The van der Waals surface area contributed by atoms with Gasteiger partial charge in [-0.25, -0.2) is 5.43 Å². The van der Waals surface area contributed by atoms with Crippen molar-refractivity contribution in [1.82, 2.24) is 5.43 Å². The highest BCUT2D eigenvalue weighted by Crippen LogP contribution is 2.66. The van der Waals surface area contributed by atoms with Gasteiger partial charge in [-0.3, -0.25) is 19.7 Å². The van der Waals surface area contributed by atoms with Crippen molar-refractivity contribution in [3.63, 3.8) is 0 Å². The van der Waals surface area contributed by atoms with Crippen LogP contribution in [-0.4, -0.2) is 28.6 Å². The number of nitrogens with one attached hydrogen (secondary N) is 1. The van der Waals surface area contributed by atoms with Gasteiger partial charge in [-0.1, -0.05) is 26.0 Å². The number of nitrogens with zero attached hydrogens (tertiary/aromatic N) is 2. The van der Waals surface area contributed by atoms with Crippen molar-refractivity contribution in [2.45, 2.75) is 85.2 Å². The number of allylic oxidation sites excluding steroid dienone is 2. The normalized spacial score (nSPS) is 36.3. The van der Waals surface area contributed by atoms with Gasteiger partial charge in [0.25, 0.3) is 11.6 Å². The third-order valence-electron chi connectivity index (χ3n) is 10.6. The lowest BCUT2D eigenvalue weighted by atomic mass is 9.44. The van der Waals surface area contributed by atoms with E-state index >= 15 is 0 Å². The molecule has 1 N–H and O–H groups in total. The number of hydrazone groups is 1. The zero-order valence-electron chi connectivity index (χ0n) is 22.9. The average Bonchev–Trinajstić information content (AvgIpc) is 3.24. The molecule has 4 aliphatic rings. The van der Waals surface area contributed by atoms with Crippen LogP contribution in [0.2, 0.25) is 0 Å². The molecule has 0 spiro atoms. The number of nitro benzene ring substituents is 1. The number of benzene rings is 1. The third kappa shape index (κ3) is 4.56. The summed E-state index contributed by atoms with van der Waals surface area (Å²) < 4.78 is 5.61. The number of carbonyl (C=O) groups is 2. The molecular formula is C30H39N3O5. The SMILES string of the molecule is CC(=O)O[C@H]1CC[C@@]2(C)[C@@H](CC[C@@H]3[C@@H]2CC[C@]2(C)C(C(C)=NNC(=O)c4cccc([N+](=O)[O-])c4)=CC[C@@H]32)C1. The van der Waals surface area contributed by atoms with Crippen molar-refractivity contribution < 1.29 is 19.2 Å². The smallest absolute Gasteiger partial charge is 0.302 e. The number of ether oxygens (including phenoxy) is 1. The Morgan fingerprint density at radius 3 is 2.63 bits per heavy atom. The quantitative estimate of drug-likeness (QED) is 0.214. The molecule has 0 unspecified atom stereocenters. The second-order valence-electron chi connectivity index (χ2n) is 12.4. The second kappa shape index (κ2) is 9.93. The van der Waals surface area contributed by atoms with Gasteiger partial charge < -0.3 is 4.74 Å². The van der Waals surface area contributed by atoms with Crippen molar-refractivity contribution in [3.8, 4) is 0 Å². The van der Waals surface area contributed by atoms with Crippen LogP contribution in [0, 0.1) is 44.6 Å². The maximum Gasteiger partial charge on any atom is 0.302 e. The van der Waals surface area contributed by atoms with Crippen molar-refractivity contribution >= 4 is 23.3 Å². The molecule has 7 atom stereocenters. The van der Waals surface area contributed by atoms with E-state index < -0.39 is 10.8 Å². The molecule has 5 rings (SSSR count). The van der Waals surface area contributed by atoms with Gasteiger partial charge in [0, 0.05) is 24.6 Å². The predicted molar refractivity (Wildman–Crippen MR) is 144 cm³/mol. The molecule has 0 heterocycles. The molecule has 4 aliphatic carbocycles. The van der Waals surface area contributed by atoms with E-state index in [-0.39, 0.29) is 28.7 Å². The van der Waals surface area contributed by atoms with Gasteiger partial charge in [0.05, 0.1) is 10.6 Å². The Balaban J connectivity index is 1.27. The van der Waals surface area contributed by atoms with Crippen LogP contribution in [0.4, 0.5) is 5.69 Å². The number of esters is 1. The van der Waals surface area contributed by atoms with Crippen molar-refractivity contribution in [1.29, 1.82) is 0 Å². The highest BCUT2D eigenvalue weighted by atomic mass is 16.6. The summed E-state index contributed by atoms with van der Waals surface area (Å²) in [5.74, 6) is 1.93. The summed E-state index contributed by atoms with van der Waals surface area (Å²) in [4.78, 5) is 34.7. The van der Waals surface area contributed by atoms with E-state index in [1.807, 2.05) is 6.92 Å². The molecule has 1 aromatic rings. The fourth-order valence-corrected chi connectivity index (χ4v) is 8.71. The molecule has 3 saturated carbocycles. The summed E-state index contributed by atoms with van der Waals surface area (Å²) in [5, 5.41) is 15.5. The zero-order chi connectivity index (χ0) is 27.2. The lowest BCUT2D eigenvalue weighted by Gasteiger charge is -2.60. The van der Waals surface area contributed by atoms with E-state index in [0.717, 1.165) is 37.8 Å². The molecule has 3 fully saturated rings. The minimum absolute atomic E-state index is 0.0309. The Labute approximate surface area is 224 Å². The molecule has 0 bridgehead atoms. The Kier molecular flexibility index (Phi) is 6.95. The average molecular weight is 522 g/mol. The molecular weight excluding hydrogens is 482 g/mol. The number of amides is 1. The number of nitro groups is 1. The Morgan fingerprint density at radius 2 is 1.89 bits per heavy atom. The number of carbonyl (C=O) groups excluding carboxylic acids is 2. The van der Waals surface area contributed by atoms with Crippen LogP contribution in [0.5, 0.6) is 0 Å². The third-order valence-corrected chi connectivity index (χ3v) is 10.6. The van der Waals surface area contributed by atoms with Crippen LogP contribution >= 0.6 is 0 Å². The molecule has 1 amide bonds. The van der Waals surface area contributed by atoms with Crippen molar-refractivity contribution in [3.05, 3.63) is 51.6 Å². The molecule has 204 valence electrons. The molecule has 8 nitrogen and oxygen atoms in total. The molecule has 1 aromatic carbocycles. The fraction of sp³-hybridized carbons (Fsp3) is 0.633. The molecule has 0 aromatic heterocycles. The van der Waals surface area contributed by atoms with Gasteiger partial charge in [-0.15, -0.1) is 0 Å². The maximum absolute atomic E-state index is 12.7. The molecule has 0 saturated heterocycles. The first-order valence-corrected chi connectivity index (χ1v) is 14.0. The highest BCUT2D eigenvalue weighted by Gasteiger charge is 2.59. The summed E-state index contributed by atoms with van der Waals surface area (Å²) >= 11 is 0. The van der Waals surface area contributed by atoms with E-state index in [0.29, 0.717) is 29.1 Å². The monoisotopic (exact) mass is 521 g/mol. The first kappa shape index (κ1) is 26.6. The lowest BCUT2D eigenvalue weighted by Crippen LogP contribution is -2.54. The van der Waals surface area contributed by atoms with Crippen LogP contribution in [0.25, 0.3) is 0 Å². The topological polar surface area (TPSA) is 111 Å². The minimum atomic E-state index is -0.509. The Morgan fingerprint density at radius 1 is 1.11 bits per heavy atom. The number of non-ortho nitro benzene ring substituents is 1. The Hall–Kier alpha value is -3.03. The van der Waals surface area contributed by atoms with E-state index in [9.17, 15) is 19.7 Å². The zero-order valence-corrected chi connectivity index (χ0v) is 22.9. The van der Waals surface area contributed by atoms with Gasteiger partial charge in [0.1, 0.15) is 6.10 Å².